The Hall–Kier alpha value is -4.26. The summed E-state index contributed by atoms with van der Waals surface area (Å²) < 4.78 is 5.63. The number of carbonyl (C=O) groups excluding carboxylic acids is 2. The zero-order chi connectivity index (χ0) is 24.8. The molecular weight excluding hydrogens is 440 g/mol. The van der Waals surface area contributed by atoms with Crippen molar-refractivity contribution in [2.24, 2.45) is 5.73 Å². The number of aromatic amines is 1. The third-order valence-electron chi connectivity index (χ3n) is 5.98. The highest BCUT2D eigenvalue weighted by Gasteiger charge is 2.19. The van der Waals surface area contributed by atoms with E-state index < -0.39 is 0 Å². The topological polar surface area (TPSA) is 100 Å². The first-order valence-corrected chi connectivity index (χ1v) is 11.5. The fraction of sp³-hybridized carbons (Fsp3) is 0.214. The van der Waals surface area contributed by atoms with E-state index in [4.69, 9.17) is 10.5 Å². The molecule has 0 radical (unpaired) electrons. The van der Waals surface area contributed by atoms with Crippen LogP contribution in [0, 0.1) is 0 Å². The lowest BCUT2D eigenvalue weighted by Crippen LogP contribution is -2.32. The van der Waals surface area contributed by atoms with E-state index in [9.17, 15) is 9.59 Å². The Balaban J connectivity index is 1.45. The predicted octanol–water partition coefficient (Wildman–Crippen LogP) is 3.59. The highest BCUT2D eigenvalue weighted by Crippen LogP contribution is 2.31. The third kappa shape index (κ3) is 6.00. The Morgan fingerprint density at radius 2 is 1.71 bits per heavy atom. The molecule has 0 saturated carbocycles. The molecular formula is C28H30N4O3. The van der Waals surface area contributed by atoms with Gasteiger partial charge in [-0.25, -0.2) is 0 Å². The smallest absolute Gasteiger partial charge is 0.257 e. The molecule has 4 rings (SSSR count). The Labute approximate surface area is 204 Å². The summed E-state index contributed by atoms with van der Waals surface area (Å²) in [6.07, 6.45) is 2.19. The van der Waals surface area contributed by atoms with E-state index in [0.29, 0.717) is 12.3 Å². The maximum atomic E-state index is 12.6. The average molecular weight is 471 g/mol. The second-order valence-corrected chi connectivity index (χ2v) is 8.71. The molecule has 0 aliphatic carbocycles. The number of rotatable bonds is 10. The van der Waals surface area contributed by atoms with E-state index in [1.807, 2.05) is 38.5 Å². The van der Waals surface area contributed by atoms with Crippen LogP contribution >= 0.6 is 0 Å². The second kappa shape index (κ2) is 10.8. The van der Waals surface area contributed by atoms with E-state index in [0.717, 1.165) is 33.3 Å². The molecule has 0 aliphatic rings. The van der Waals surface area contributed by atoms with Crippen molar-refractivity contribution in [2.75, 3.05) is 32.1 Å². The van der Waals surface area contributed by atoms with Crippen LogP contribution in [0.25, 0.3) is 10.9 Å². The lowest BCUT2D eigenvalue weighted by atomic mass is 9.90. The van der Waals surface area contributed by atoms with E-state index >= 15 is 0 Å². The number of fused-ring (bicyclic) bond motifs is 1. The molecule has 180 valence electrons. The number of hydrogen-bond acceptors (Lipinski definition) is 4. The van der Waals surface area contributed by atoms with Crippen LogP contribution in [0.15, 0.2) is 79.0 Å². The summed E-state index contributed by atoms with van der Waals surface area (Å²) in [5, 5.41) is 4.16. The zero-order valence-electron chi connectivity index (χ0n) is 20.0. The summed E-state index contributed by atoms with van der Waals surface area (Å²) in [4.78, 5) is 29.1. The molecule has 3 aromatic carbocycles. The van der Waals surface area contributed by atoms with Crippen molar-refractivity contribution in [1.82, 2.24) is 10.3 Å². The van der Waals surface area contributed by atoms with Crippen LogP contribution in [-0.2, 0) is 16.0 Å². The van der Waals surface area contributed by atoms with Crippen LogP contribution in [-0.4, -0.2) is 44.0 Å². The number of ether oxygens (including phenoxy) is 1. The van der Waals surface area contributed by atoms with E-state index in [1.54, 1.807) is 24.3 Å². The molecule has 35 heavy (non-hydrogen) atoms. The number of para-hydroxylation sites is 1. The summed E-state index contributed by atoms with van der Waals surface area (Å²) >= 11 is 0. The first-order chi connectivity index (χ1) is 16.9. The number of benzene rings is 3. The predicted molar refractivity (Wildman–Crippen MR) is 139 cm³/mol. The standard InChI is InChI=1S/C28H30N4O3/c1-32(2)21-11-9-20(10-12-21)24(25-17-30-26-6-4-3-5-23(25)26)16-31-28(34)18-35-22-13-7-19(8-14-22)15-27(29)33/h3-14,17,24,30H,15-16,18H2,1-2H3,(H2,29,33)(H,31,34). The SMILES string of the molecule is CN(C)c1ccc(C(CNC(=O)COc2ccc(CC(N)=O)cc2)c2c[nH]c3ccccc23)cc1. The van der Waals surface area contributed by atoms with Gasteiger partial charge in [0.05, 0.1) is 6.42 Å². The third-order valence-corrected chi connectivity index (χ3v) is 5.98. The van der Waals surface area contributed by atoms with E-state index in [1.165, 1.54) is 0 Å². The van der Waals surface area contributed by atoms with Crippen molar-refractivity contribution in [3.63, 3.8) is 0 Å². The second-order valence-electron chi connectivity index (χ2n) is 8.71. The van der Waals surface area contributed by atoms with Gasteiger partial charge in [-0.05, 0) is 47.0 Å². The number of carbonyl (C=O) groups is 2. The number of primary amides is 1. The zero-order valence-corrected chi connectivity index (χ0v) is 20.0. The molecule has 1 atom stereocenters. The van der Waals surface area contributed by atoms with Crippen LogP contribution in [0.3, 0.4) is 0 Å². The van der Waals surface area contributed by atoms with Gasteiger partial charge in [0.1, 0.15) is 5.75 Å². The first kappa shape index (κ1) is 23.9. The summed E-state index contributed by atoms with van der Waals surface area (Å²) in [7, 11) is 4.02. The minimum absolute atomic E-state index is 0.0283. The number of anilines is 1. The Morgan fingerprint density at radius 1 is 1.00 bits per heavy atom. The summed E-state index contributed by atoms with van der Waals surface area (Å²) in [5.74, 6) is -0.0691. The molecule has 4 N–H and O–H groups in total. The lowest BCUT2D eigenvalue weighted by Gasteiger charge is -2.20. The van der Waals surface area contributed by atoms with Crippen LogP contribution < -0.4 is 20.7 Å². The maximum absolute atomic E-state index is 12.6. The fourth-order valence-electron chi connectivity index (χ4n) is 4.11. The van der Waals surface area contributed by atoms with Gasteiger partial charge in [0.15, 0.2) is 6.61 Å². The number of nitrogens with two attached hydrogens (primary N) is 1. The van der Waals surface area contributed by atoms with E-state index in [-0.39, 0.29) is 30.8 Å². The normalized spacial score (nSPS) is 11.7. The van der Waals surface area contributed by atoms with Gasteiger partial charge in [-0.1, -0.05) is 42.5 Å². The fourth-order valence-corrected chi connectivity index (χ4v) is 4.11. The average Bonchev–Trinajstić information content (AvgIpc) is 3.28. The van der Waals surface area contributed by atoms with Gasteiger partial charge in [-0.2, -0.15) is 0 Å². The number of nitrogens with zero attached hydrogens (tertiary/aromatic N) is 1. The monoisotopic (exact) mass is 470 g/mol. The van der Waals surface area contributed by atoms with Gasteiger partial charge in [0.2, 0.25) is 5.91 Å². The Morgan fingerprint density at radius 3 is 2.40 bits per heavy atom. The Kier molecular flexibility index (Phi) is 7.35. The van der Waals surface area contributed by atoms with Gasteiger partial charge < -0.3 is 25.7 Å². The number of hydrogen-bond donors (Lipinski definition) is 3. The quantitative estimate of drug-likeness (QED) is 0.330. The maximum Gasteiger partial charge on any atom is 0.257 e. The number of nitrogens with one attached hydrogen (secondary N) is 2. The van der Waals surface area contributed by atoms with Gasteiger partial charge in [-0.15, -0.1) is 0 Å². The highest BCUT2D eigenvalue weighted by atomic mass is 16.5. The van der Waals surface area contributed by atoms with Crippen molar-refractivity contribution in [2.45, 2.75) is 12.3 Å². The van der Waals surface area contributed by atoms with Gasteiger partial charge in [0.25, 0.3) is 5.91 Å². The lowest BCUT2D eigenvalue weighted by molar-refractivity contribution is -0.123. The van der Waals surface area contributed by atoms with Crippen LogP contribution in [0.5, 0.6) is 5.75 Å². The van der Waals surface area contributed by atoms with Gasteiger partial charge in [0, 0.05) is 49.3 Å². The summed E-state index contributed by atoms with van der Waals surface area (Å²) in [5.41, 5.74) is 10.4. The van der Waals surface area contributed by atoms with E-state index in [2.05, 4.69) is 45.5 Å². The molecule has 0 saturated heterocycles. The molecule has 1 aromatic heterocycles. The summed E-state index contributed by atoms with van der Waals surface area (Å²) in [6, 6.07) is 23.5. The van der Waals surface area contributed by atoms with Gasteiger partial charge >= 0.3 is 0 Å². The molecule has 0 bridgehead atoms. The van der Waals surface area contributed by atoms with Crippen LogP contribution in [0.4, 0.5) is 5.69 Å². The number of aromatic nitrogens is 1. The molecule has 7 nitrogen and oxygen atoms in total. The van der Waals surface area contributed by atoms with Crippen molar-refractivity contribution in [3.8, 4) is 5.75 Å². The summed E-state index contributed by atoms with van der Waals surface area (Å²) in [6.45, 7) is 0.332. The highest BCUT2D eigenvalue weighted by molar-refractivity contribution is 5.84. The number of H-pyrrole nitrogens is 1. The largest absolute Gasteiger partial charge is 0.484 e. The molecule has 2 amide bonds. The van der Waals surface area contributed by atoms with Crippen LogP contribution in [0.1, 0.15) is 22.6 Å². The minimum Gasteiger partial charge on any atom is -0.484 e. The molecule has 4 aromatic rings. The molecule has 0 spiro atoms. The molecule has 1 unspecified atom stereocenters. The van der Waals surface area contributed by atoms with Gasteiger partial charge in [-0.3, -0.25) is 9.59 Å². The Bertz CT molecular complexity index is 1290. The minimum atomic E-state index is -0.390. The van der Waals surface area contributed by atoms with Crippen molar-refractivity contribution in [3.05, 3.63) is 95.7 Å². The molecule has 0 fully saturated rings. The number of amides is 2. The van der Waals surface area contributed by atoms with Crippen molar-refractivity contribution < 1.29 is 14.3 Å². The van der Waals surface area contributed by atoms with Crippen molar-refractivity contribution >= 4 is 28.4 Å². The van der Waals surface area contributed by atoms with Crippen LogP contribution in [0.2, 0.25) is 0 Å². The molecule has 7 heteroatoms. The molecule has 1 heterocycles. The first-order valence-electron chi connectivity index (χ1n) is 11.5. The van der Waals surface area contributed by atoms with Crippen molar-refractivity contribution in [1.29, 1.82) is 0 Å². The molecule has 0 aliphatic heterocycles.